The second-order valence-electron chi connectivity index (χ2n) is 7.34. The van der Waals surface area contributed by atoms with Gasteiger partial charge in [0, 0.05) is 6.61 Å². The lowest BCUT2D eigenvalue weighted by molar-refractivity contribution is 0.211. The summed E-state index contributed by atoms with van der Waals surface area (Å²) >= 11 is 0. The van der Waals surface area contributed by atoms with E-state index in [-0.39, 0.29) is 0 Å². The van der Waals surface area contributed by atoms with Crippen molar-refractivity contribution < 1.29 is 5.11 Å². The molecule has 0 aliphatic carbocycles. The van der Waals surface area contributed by atoms with Crippen LogP contribution in [0.1, 0.15) is 86.0 Å². The van der Waals surface area contributed by atoms with Crippen molar-refractivity contribution in [2.45, 2.75) is 86.0 Å². The minimum Gasteiger partial charge on any atom is -0.396 e. The van der Waals surface area contributed by atoms with Crippen molar-refractivity contribution >= 4 is 0 Å². The molecule has 1 nitrogen and oxygen atoms in total. The maximum Gasteiger partial charge on any atom is 0.0456 e. The first-order valence-electron chi connectivity index (χ1n) is 8.56. The largest absolute Gasteiger partial charge is 0.396 e. The molecule has 3 atom stereocenters. The third-order valence-corrected chi connectivity index (χ3v) is 4.24. The quantitative estimate of drug-likeness (QED) is 0.453. The lowest BCUT2D eigenvalue weighted by atomic mass is 9.90. The molecule has 0 aliphatic rings. The first-order chi connectivity index (χ1) is 8.95. The zero-order valence-electron chi connectivity index (χ0n) is 14.1. The van der Waals surface area contributed by atoms with Crippen molar-refractivity contribution in [1.29, 1.82) is 0 Å². The third-order valence-electron chi connectivity index (χ3n) is 4.24. The number of hydrogen-bond donors (Lipinski definition) is 1. The average Bonchev–Trinajstić information content (AvgIpc) is 2.34. The third kappa shape index (κ3) is 12.7. The predicted octanol–water partition coefficient (Wildman–Crippen LogP) is 5.66. The van der Waals surface area contributed by atoms with Gasteiger partial charge in [-0.05, 0) is 30.1 Å². The first kappa shape index (κ1) is 19.0. The van der Waals surface area contributed by atoms with Gasteiger partial charge in [-0.2, -0.15) is 0 Å². The molecule has 0 saturated carbocycles. The molecule has 19 heavy (non-hydrogen) atoms. The van der Waals surface area contributed by atoms with E-state index in [2.05, 4.69) is 34.6 Å². The lowest BCUT2D eigenvalue weighted by Gasteiger charge is -2.17. The molecule has 0 aliphatic heterocycles. The molecule has 0 aromatic carbocycles. The molecule has 0 heterocycles. The van der Waals surface area contributed by atoms with Gasteiger partial charge in [0.15, 0.2) is 0 Å². The smallest absolute Gasteiger partial charge is 0.0456 e. The minimum atomic E-state index is 0.344. The van der Waals surface area contributed by atoms with Crippen molar-refractivity contribution in [2.75, 3.05) is 6.61 Å². The van der Waals surface area contributed by atoms with Crippen LogP contribution in [-0.4, -0.2) is 11.7 Å². The Morgan fingerprint density at radius 3 is 1.74 bits per heavy atom. The van der Waals surface area contributed by atoms with Crippen molar-refractivity contribution in [3.63, 3.8) is 0 Å². The van der Waals surface area contributed by atoms with Gasteiger partial charge in [-0.1, -0.05) is 79.6 Å². The molecule has 0 spiro atoms. The molecule has 116 valence electrons. The summed E-state index contributed by atoms with van der Waals surface area (Å²) in [5, 5.41) is 9.06. The van der Waals surface area contributed by atoms with Gasteiger partial charge in [-0.15, -0.1) is 0 Å². The van der Waals surface area contributed by atoms with E-state index in [0.717, 1.165) is 17.8 Å². The fourth-order valence-electron chi connectivity index (χ4n) is 2.88. The van der Waals surface area contributed by atoms with E-state index < -0.39 is 0 Å². The Morgan fingerprint density at radius 1 is 0.632 bits per heavy atom. The number of aliphatic hydroxyl groups excluding tert-OH is 1. The Labute approximate surface area is 122 Å². The van der Waals surface area contributed by atoms with E-state index >= 15 is 0 Å². The summed E-state index contributed by atoms with van der Waals surface area (Å²) in [7, 11) is 0. The van der Waals surface area contributed by atoms with Crippen LogP contribution >= 0.6 is 0 Å². The second kappa shape index (κ2) is 11.8. The lowest BCUT2D eigenvalue weighted by Crippen LogP contribution is -2.07. The Balaban J connectivity index is 3.44. The van der Waals surface area contributed by atoms with Crippen LogP contribution in [0.4, 0.5) is 0 Å². The highest BCUT2D eigenvalue weighted by molar-refractivity contribution is 4.61. The van der Waals surface area contributed by atoms with Crippen LogP contribution in [0.25, 0.3) is 0 Å². The normalized spacial score (nSPS) is 16.6. The van der Waals surface area contributed by atoms with Gasteiger partial charge >= 0.3 is 0 Å². The SMILES string of the molecule is CC(C)CCCCC(C)CCCC(C)CC(C)CO. The Morgan fingerprint density at radius 2 is 1.16 bits per heavy atom. The summed E-state index contributed by atoms with van der Waals surface area (Å²) in [5.74, 6) is 3.01. The van der Waals surface area contributed by atoms with Gasteiger partial charge in [0.2, 0.25) is 0 Å². The van der Waals surface area contributed by atoms with E-state index in [1.807, 2.05) is 0 Å². The van der Waals surface area contributed by atoms with Crippen LogP contribution in [0, 0.1) is 23.7 Å². The Bertz CT molecular complexity index is 188. The van der Waals surface area contributed by atoms with Crippen molar-refractivity contribution in [1.82, 2.24) is 0 Å². The molecule has 0 bridgehead atoms. The van der Waals surface area contributed by atoms with Gasteiger partial charge in [-0.3, -0.25) is 0 Å². The molecule has 1 N–H and O–H groups in total. The number of rotatable bonds is 12. The van der Waals surface area contributed by atoms with E-state index in [1.54, 1.807) is 0 Å². The van der Waals surface area contributed by atoms with Crippen LogP contribution < -0.4 is 0 Å². The standard InChI is InChI=1S/C18H38O/c1-15(2)9-6-7-10-16(3)11-8-12-17(4)13-18(5)14-19/h15-19H,6-14H2,1-5H3. The fraction of sp³-hybridized carbons (Fsp3) is 1.00. The first-order valence-corrected chi connectivity index (χ1v) is 8.56. The minimum absolute atomic E-state index is 0.344. The molecule has 0 rings (SSSR count). The zero-order chi connectivity index (χ0) is 14.7. The molecule has 0 fully saturated rings. The summed E-state index contributed by atoms with van der Waals surface area (Å²) in [6, 6.07) is 0. The summed E-state index contributed by atoms with van der Waals surface area (Å²) in [5.41, 5.74) is 0. The van der Waals surface area contributed by atoms with Crippen molar-refractivity contribution in [3.05, 3.63) is 0 Å². The summed E-state index contributed by atoms with van der Waals surface area (Å²) in [6.45, 7) is 11.9. The summed E-state index contributed by atoms with van der Waals surface area (Å²) in [6.07, 6.45) is 10.9. The molecule has 1 heteroatoms. The Kier molecular flexibility index (Phi) is 11.7. The highest BCUT2D eigenvalue weighted by atomic mass is 16.3. The predicted molar refractivity (Wildman–Crippen MR) is 86.4 cm³/mol. The highest BCUT2D eigenvalue weighted by Gasteiger charge is 2.09. The number of unbranched alkanes of at least 4 members (excludes halogenated alkanes) is 1. The topological polar surface area (TPSA) is 20.2 Å². The van der Waals surface area contributed by atoms with E-state index in [9.17, 15) is 0 Å². The van der Waals surface area contributed by atoms with Gasteiger partial charge in [-0.25, -0.2) is 0 Å². The molecular formula is C18H38O. The molecule has 3 unspecified atom stereocenters. The average molecular weight is 271 g/mol. The molecular weight excluding hydrogens is 232 g/mol. The highest BCUT2D eigenvalue weighted by Crippen LogP contribution is 2.22. The van der Waals surface area contributed by atoms with Crippen molar-refractivity contribution in [3.8, 4) is 0 Å². The second-order valence-corrected chi connectivity index (χ2v) is 7.34. The van der Waals surface area contributed by atoms with E-state index in [1.165, 1.54) is 51.4 Å². The maximum atomic E-state index is 9.06. The van der Waals surface area contributed by atoms with Crippen LogP contribution in [0.3, 0.4) is 0 Å². The van der Waals surface area contributed by atoms with Crippen LogP contribution in [0.2, 0.25) is 0 Å². The molecule has 0 amide bonds. The van der Waals surface area contributed by atoms with Gasteiger partial charge in [0.1, 0.15) is 0 Å². The molecule has 0 radical (unpaired) electrons. The fourth-order valence-corrected chi connectivity index (χ4v) is 2.88. The van der Waals surface area contributed by atoms with Gasteiger partial charge < -0.3 is 5.11 Å². The monoisotopic (exact) mass is 270 g/mol. The van der Waals surface area contributed by atoms with Crippen LogP contribution in [0.5, 0.6) is 0 Å². The van der Waals surface area contributed by atoms with E-state index in [4.69, 9.17) is 5.11 Å². The number of hydrogen-bond acceptors (Lipinski definition) is 1. The molecule has 0 aromatic heterocycles. The van der Waals surface area contributed by atoms with Crippen molar-refractivity contribution in [2.24, 2.45) is 23.7 Å². The van der Waals surface area contributed by atoms with E-state index in [0.29, 0.717) is 12.5 Å². The Hall–Kier alpha value is -0.0400. The van der Waals surface area contributed by atoms with Gasteiger partial charge in [0.05, 0.1) is 0 Å². The maximum absolute atomic E-state index is 9.06. The molecule has 0 aromatic rings. The summed E-state index contributed by atoms with van der Waals surface area (Å²) in [4.78, 5) is 0. The molecule has 0 saturated heterocycles. The van der Waals surface area contributed by atoms with Gasteiger partial charge in [0.25, 0.3) is 0 Å². The van der Waals surface area contributed by atoms with Crippen LogP contribution in [0.15, 0.2) is 0 Å². The number of aliphatic hydroxyl groups is 1. The summed E-state index contributed by atoms with van der Waals surface area (Å²) < 4.78 is 0. The van der Waals surface area contributed by atoms with Crippen LogP contribution in [-0.2, 0) is 0 Å². The zero-order valence-corrected chi connectivity index (χ0v) is 14.1.